The molecule has 0 fully saturated rings. The van der Waals surface area contributed by atoms with Gasteiger partial charge in [0.2, 0.25) is 0 Å². The quantitative estimate of drug-likeness (QED) is 0.592. The molecule has 0 saturated heterocycles. The smallest absolute Gasteiger partial charge is 0.342 e. The summed E-state index contributed by atoms with van der Waals surface area (Å²) in [6.45, 7) is 4.42. The zero-order valence-corrected chi connectivity index (χ0v) is 16.0. The summed E-state index contributed by atoms with van der Waals surface area (Å²) in [7, 11) is 0. The Kier molecular flexibility index (Phi) is 6.22. The summed E-state index contributed by atoms with van der Waals surface area (Å²) in [5.74, 6) is -0.781. The molecule has 0 aliphatic carbocycles. The predicted octanol–water partition coefficient (Wildman–Crippen LogP) is 3.39. The van der Waals surface area contributed by atoms with Gasteiger partial charge in [-0.15, -0.1) is 0 Å². The third-order valence-electron chi connectivity index (χ3n) is 4.51. The molecule has 0 unspecified atom stereocenters. The van der Waals surface area contributed by atoms with Crippen molar-refractivity contribution in [1.82, 2.24) is 14.7 Å². The fourth-order valence-electron chi connectivity index (χ4n) is 2.92. The molecule has 0 spiro atoms. The maximum absolute atomic E-state index is 12.5. The van der Waals surface area contributed by atoms with E-state index in [0.717, 1.165) is 11.3 Å². The molecule has 0 saturated carbocycles. The molecule has 1 heterocycles. The number of ether oxygens (including phenoxy) is 1. The van der Waals surface area contributed by atoms with E-state index >= 15 is 0 Å². The predicted molar refractivity (Wildman–Crippen MR) is 106 cm³/mol. The highest BCUT2D eigenvalue weighted by molar-refractivity contribution is 5.92. The van der Waals surface area contributed by atoms with Crippen LogP contribution in [0.15, 0.2) is 66.9 Å². The van der Waals surface area contributed by atoms with E-state index in [4.69, 9.17) is 4.74 Å². The molecule has 3 rings (SSSR count). The number of hydrogen-bond acceptors (Lipinski definition) is 4. The van der Waals surface area contributed by atoms with E-state index in [1.54, 1.807) is 16.5 Å². The average Bonchev–Trinajstić information content (AvgIpc) is 3.12. The van der Waals surface area contributed by atoms with Crippen molar-refractivity contribution >= 4 is 11.9 Å². The molecule has 3 aromatic rings. The van der Waals surface area contributed by atoms with Gasteiger partial charge in [0.15, 0.2) is 6.61 Å². The highest BCUT2D eigenvalue weighted by Gasteiger charge is 2.19. The normalized spacial score (nSPS) is 10.5. The summed E-state index contributed by atoms with van der Waals surface area (Å²) >= 11 is 0. The fraction of sp³-hybridized carbons (Fsp3) is 0.227. The van der Waals surface area contributed by atoms with Gasteiger partial charge in [0.05, 0.1) is 17.6 Å². The van der Waals surface area contributed by atoms with Crippen molar-refractivity contribution < 1.29 is 14.3 Å². The van der Waals surface area contributed by atoms with E-state index in [2.05, 4.69) is 5.10 Å². The topological polar surface area (TPSA) is 64.4 Å². The number of nitrogens with zero attached hydrogens (tertiary/aromatic N) is 3. The third-order valence-corrected chi connectivity index (χ3v) is 4.51. The molecule has 0 aliphatic rings. The van der Waals surface area contributed by atoms with E-state index in [1.807, 2.05) is 67.6 Å². The zero-order chi connectivity index (χ0) is 19.9. The lowest BCUT2D eigenvalue weighted by atomic mass is 10.2. The van der Waals surface area contributed by atoms with Gasteiger partial charge in [0.25, 0.3) is 5.91 Å². The summed E-state index contributed by atoms with van der Waals surface area (Å²) < 4.78 is 6.93. The highest BCUT2D eigenvalue weighted by Crippen LogP contribution is 2.15. The average molecular weight is 377 g/mol. The van der Waals surface area contributed by atoms with E-state index in [1.165, 1.54) is 6.20 Å². The van der Waals surface area contributed by atoms with Crippen molar-refractivity contribution in [1.29, 1.82) is 0 Å². The van der Waals surface area contributed by atoms with Crippen molar-refractivity contribution in [3.05, 3.63) is 83.7 Å². The Balaban J connectivity index is 1.62. The van der Waals surface area contributed by atoms with E-state index in [9.17, 15) is 9.59 Å². The molecule has 0 N–H and O–H groups in total. The lowest BCUT2D eigenvalue weighted by Gasteiger charge is -2.20. The first-order valence-corrected chi connectivity index (χ1v) is 9.19. The van der Waals surface area contributed by atoms with Crippen LogP contribution in [0.3, 0.4) is 0 Å². The lowest BCUT2D eigenvalue weighted by Crippen LogP contribution is -2.34. The first-order valence-electron chi connectivity index (χ1n) is 9.19. The Morgan fingerprint density at radius 2 is 1.68 bits per heavy atom. The van der Waals surface area contributed by atoms with Gasteiger partial charge < -0.3 is 9.64 Å². The van der Waals surface area contributed by atoms with Crippen LogP contribution in [0.2, 0.25) is 0 Å². The van der Waals surface area contributed by atoms with Crippen molar-refractivity contribution in [2.75, 3.05) is 13.2 Å². The third kappa shape index (κ3) is 4.46. The molecule has 28 heavy (non-hydrogen) atoms. The van der Waals surface area contributed by atoms with Gasteiger partial charge in [0, 0.05) is 13.1 Å². The minimum Gasteiger partial charge on any atom is -0.452 e. The van der Waals surface area contributed by atoms with Gasteiger partial charge in [0.1, 0.15) is 5.56 Å². The van der Waals surface area contributed by atoms with Crippen molar-refractivity contribution in [2.45, 2.75) is 20.4 Å². The number of esters is 1. The Labute approximate surface area is 164 Å². The van der Waals surface area contributed by atoms with Crippen molar-refractivity contribution in [3.8, 4) is 5.69 Å². The van der Waals surface area contributed by atoms with Crippen LogP contribution < -0.4 is 0 Å². The summed E-state index contributed by atoms with van der Waals surface area (Å²) in [5.41, 5.74) is 2.90. The number of hydrogen-bond donors (Lipinski definition) is 0. The number of amides is 1. The van der Waals surface area contributed by atoms with Crippen molar-refractivity contribution in [2.24, 2.45) is 0 Å². The van der Waals surface area contributed by atoms with Crippen LogP contribution in [0.4, 0.5) is 0 Å². The molecule has 6 heteroatoms. The number of carbonyl (C=O) groups excluding carboxylic acids is 2. The fourth-order valence-corrected chi connectivity index (χ4v) is 2.92. The summed E-state index contributed by atoms with van der Waals surface area (Å²) in [6, 6.07) is 19.2. The maximum atomic E-state index is 12.5. The summed E-state index contributed by atoms with van der Waals surface area (Å²) in [5, 5.41) is 4.26. The van der Waals surface area contributed by atoms with Crippen LogP contribution >= 0.6 is 0 Å². The van der Waals surface area contributed by atoms with E-state index in [-0.39, 0.29) is 12.5 Å². The standard InChI is InChI=1S/C22H23N3O3/c1-3-24(15-18-10-6-4-7-11-18)21(26)16-28-22(27)20-14-23-25(17(20)2)19-12-8-5-9-13-19/h4-14H,3,15-16H2,1-2H3. The highest BCUT2D eigenvalue weighted by atomic mass is 16.5. The van der Waals surface area contributed by atoms with Gasteiger partial charge in [-0.3, -0.25) is 4.79 Å². The second-order valence-electron chi connectivity index (χ2n) is 6.36. The number of likely N-dealkylation sites (N-methyl/N-ethyl adjacent to an activating group) is 1. The minimum absolute atomic E-state index is 0.229. The zero-order valence-electron chi connectivity index (χ0n) is 16.0. The van der Waals surface area contributed by atoms with Gasteiger partial charge >= 0.3 is 5.97 Å². The molecule has 0 bridgehead atoms. The summed E-state index contributed by atoms with van der Waals surface area (Å²) in [6.07, 6.45) is 1.47. The Morgan fingerprint density at radius 3 is 2.32 bits per heavy atom. The summed E-state index contributed by atoms with van der Waals surface area (Å²) in [4.78, 5) is 26.5. The first kappa shape index (κ1) is 19.4. The monoisotopic (exact) mass is 377 g/mol. The molecule has 0 radical (unpaired) electrons. The largest absolute Gasteiger partial charge is 0.452 e. The number of benzene rings is 2. The first-order chi connectivity index (χ1) is 13.6. The molecule has 1 amide bonds. The molecule has 0 atom stereocenters. The van der Waals surface area contributed by atoms with Crippen LogP contribution in [0.5, 0.6) is 0 Å². The Bertz CT molecular complexity index is 936. The second-order valence-corrected chi connectivity index (χ2v) is 6.36. The second kappa shape index (κ2) is 8.99. The Morgan fingerprint density at radius 1 is 1.04 bits per heavy atom. The SMILES string of the molecule is CCN(Cc1ccccc1)C(=O)COC(=O)c1cnn(-c2ccccc2)c1C. The molecule has 0 aliphatic heterocycles. The van der Waals surface area contributed by atoms with Crippen LogP contribution in [-0.2, 0) is 16.1 Å². The maximum Gasteiger partial charge on any atom is 0.342 e. The number of aromatic nitrogens is 2. The number of para-hydroxylation sites is 1. The van der Waals surface area contributed by atoms with E-state index in [0.29, 0.717) is 24.3 Å². The number of rotatable bonds is 7. The van der Waals surface area contributed by atoms with Crippen molar-refractivity contribution in [3.63, 3.8) is 0 Å². The van der Waals surface area contributed by atoms with Crippen LogP contribution in [0, 0.1) is 6.92 Å². The molecular weight excluding hydrogens is 354 g/mol. The van der Waals surface area contributed by atoms with Crippen LogP contribution in [0.1, 0.15) is 28.5 Å². The van der Waals surface area contributed by atoms with Gasteiger partial charge in [-0.2, -0.15) is 5.10 Å². The molecule has 144 valence electrons. The van der Waals surface area contributed by atoms with Crippen LogP contribution in [-0.4, -0.2) is 39.7 Å². The minimum atomic E-state index is -0.552. The van der Waals surface area contributed by atoms with E-state index < -0.39 is 5.97 Å². The number of carbonyl (C=O) groups is 2. The molecule has 2 aromatic carbocycles. The van der Waals surface area contributed by atoms with Crippen LogP contribution in [0.25, 0.3) is 5.69 Å². The lowest BCUT2D eigenvalue weighted by molar-refractivity contribution is -0.134. The molecule has 1 aromatic heterocycles. The van der Waals surface area contributed by atoms with Gasteiger partial charge in [-0.1, -0.05) is 48.5 Å². The molecular formula is C22H23N3O3. The Hall–Kier alpha value is -3.41. The van der Waals surface area contributed by atoms with Gasteiger partial charge in [-0.05, 0) is 31.5 Å². The van der Waals surface area contributed by atoms with Gasteiger partial charge in [-0.25, -0.2) is 9.48 Å². The molecule has 6 nitrogen and oxygen atoms in total.